The van der Waals surface area contributed by atoms with E-state index in [1.165, 1.54) is 0 Å². The number of carboxylic acids is 2. The van der Waals surface area contributed by atoms with Gasteiger partial charge in [-0.3, -0.25) is 9.59 Å². The van der Waals surface area contributed by atoms with Crippen molar-refractivity contribution in [2.45, 2.75) is 32.6 Å². The predicted octanol–water partition coefficient (Wildman–Crippen LogP) is 5.97. The van der Waals surface area contributed by atoms with Crippen molar-refractivity contribution < 1.29 is 33.7 Å². The largest absolute Gasteiger partial charge is 0.489 e. The lowest BCUT2D eigenvalue weighted by molar-refractivity contribution is -0.137. The van der Waals surface area contributed by atoms with Crippen LogP contribution in [0.4, 0.5) is 0 Å². The summed E-state index contributed by atoms with van der Waals surface area (Å²) in [6.07, 6.45) is -0.274. The first-order valence-electron chi connectivity index (χ1n) is 13.1. The fraction of sp³-hybridized carbons (Fsp3) is 0.152. The van der Waals surface area contributed by atoms with E-state index in [-0.39, 0.29) is 26.1 Å². The van der Waals surface area contributed by atoms with Gasteiger partial charge in [-0.25, -0.2) is 0 Å². The summed E-state index contributed by atoms with van der Waals surface area (Å²) in [5.41, 5.74) is 11.4. The highest BCUT2D eigenvalue weighted by molar-refractivity contribution is 5.93. The Balaban J connectivity index is 1.47. The third kappa shape index (κ3) is 6.74. The number of furan rings is 1. The summed E-state index contributed by atoms with van der Waals surface area (Å²) in [6, 6.07) is 27.9. The van der Waals surface area contributed by atoms with Gasteiger partial charge in [-0.1, -0.05) is 54.6 Å². The van der Waals surface area contributed by atoms with Gasteiger partial charge in [0.2, 0.25) is 0 Å². The zero-order valence-corrected chi connectivity index (χ0v) is 22.2. The third-order valence-electron chi connectivity index (χ3n) is 6.59. The first kappa shape index (κ1) is 27.5. The van der Waals surface area contributed by atoms with Crippen molar-refractivity contribution in [3.8, 4) is 22.6 Å². The summed E-state index contributed by atoms with van der Waals surface area (Å²) < 4.78 is 18.3. The lowest BCUT2D eigenvalue weighted by Gasteiger charge is -2.12. The van der Waals surface area contributed by atoms with E-state index in [2.05, 4.69) is 0 Å². The SMILES string of the molecule is NCc1cccc(-c2cc(COc3ccccc3CC(=O)O)cc3cc(COc4ccccc4CC(=O)O)oc23)c1. The van der Waals surface area contributed by atoms with E-state index in [9.17, 15) is 19.8 Å². The summed E-state index contributed by atoms with van der Waals surface area (Å²) >= 11 is 0. The second-order valence-electron chi connectivity index (χ2n) is 9.61. The molecule has 4 N–H and O–H groups in total. The Bertz CT molecular complexity index is 1710. The van der Waals surface area contributed by atoms with Crippen molar-refractivity contribution in [3.05, 3.63) is 119 Å². The number of fused-ring (bicyclic) bond motifs is 1. The minimum atomic E-state index is -0.936. The van der Waals surface area contributed by atoms with Crippen molar-refractivity contribution in [3.63, 3.8) is 0 Å². The van der Waals surface area contributed by atoms with Crippen LogP contribution in [0.2, 0.25) is 0 Å². The molecule has 208 valence electrons. The van der Waals surface area contributed by atoms with Crippen molar-refractivity contribution >= 4 is 22.9 Å². The minimum Gasteiger partial charge on any atom is -0.489 e. The molecule has 0 amide bonds. The molecule has 4 aromatic carbocycles. The highest BCUT2D eigenvalue weighted by Gasteiger charge is 2.16. The van der Waals surface area contributed by atoms with E-state index < -0.39 is 11.9 Å². The Hall–Kier alpha value is -5.08. The maximum atomic E-state index is 11.3. The predicted molar refractivity (Wildman–Crippen MR) is 154 cm³/mol. The number of aliphatic carboxylic acids is 2. The quantitative estimate of drug-likeness (QED) is 0.173. The number of ether oxygens (including phenoxy) is 2. The molecule has 41 heavy (non-hydrogen) atoms. The van der Waals surface area contributed by atoms with Gasteiger partial charge in [0, 0.05) is 28.6 Å². The zero-order valence-electron chi connectivity index (χ0n) is 22.2. The van der Waals surface area contributed by atoms with Gasteiger partial charge >= 0.3 is 11.9 Å². The van der Waals surface area contributed by atoms with Crippen LogP contribution in [0, 0.1) is 0 Å². The van der Waals surface area contributed by atoms with Crippen LogP contribution in [0.3, 0.4) is 0 Å². The summed E-state index contributed by atoms with van der Waals surface area (Å²) in [4.78, 5) is 22.5. The minimum absolute atomic E-state index is 0.113. The summed E-state index contributed by atoms with van der Waals surface area (Å²) in [7, 11) is 0. The van der Waals surface area contributed by atoms with Gasteiger partial charge in [-0.15, -0.1) is 0 Å². The monoisotopic (exact) mass is 551 g/mol. The molecule has 0 unspecified atom stereocenters. The Morgan fingerprint density at radius 3 is 1.98 bits per heavy atom. The molecule has 0 fully saturated rings. The van der Waals surface area contributed by atoms with Crippen LogP contribution in [-0.4, -0.2) is 22.2 Å². The molecule has 1 aromatic heterocycles. The van der Waals surface area contributed by atoms with Gasteiger partial charge in [-0.2, -0.15) is 0 Å². The molecule has 0 aliphatic carbocycles. The average molecular weight is 552 g/mol. The molecule has 5 aromatic rings. The van der Waals surface area contributed by atoms with Crippen LogP contribution in [0.1, 0.15) is 28.0 Å². The molecule has 0 bridgehead atoms. The Kier molecular flexibility index (Phi) is 8.31. The standard InChI is InChI=1S/C33H29NO7/c34-18-21-6-5-9-23(12-21)28-14-22(19-39-29-10-3-1-7-24(29)16-31(35)36)13-26-15-27(41-33(26)28)20-40-30-11-4-2-8-25(30)17-32(37)38/h1-15H,16-20,34H2,(H,35,36)(H,37,38). The number of hydrogen-bond acceptors (Lipinski definition) is 6. The summed E-state index contributed by atoms with van der Waals surface area (Å²) in [5, 5.41) is 19.3. The normalized spacial score (nSPS) is 11.0. The molecule has 0 radical (unpaired) electrons. The van der Waals surface area contributed by atoms with E-state index in [0.29, 0.717) is 40.5 Å². The molecule has 0 spiro atoms. The molecule has 0 aliphatic rings. The van der Waals surface area contributed by atoms with Gasteiger partial charge in [0.1, 0.15) is 36.1 Å². The number of nitrogens with two attached hydrogens (primary N) is 1. The Morgan fingerprint density at radius 1 is 0.707 bits per heavy atom. The van der Waals surface area contributed by atoms with Gasteiger partial charge in [0.25, 0.3) is 0 Å². The van der Waals surface area contributed by atoms with Crippen molar-refractivity contribution in [2.24, 2.45) is 5.73 Å². The molecular weight excluding hydrogens is 522 g/mol. The third-order valence-corrected chi connectivity index (χ3v) is 6.59. The van der Waals surface area contributed by atoms with Crippen LogP contribution in [0.25, 0.3) is 22.1 Å². The Labute approximate surface area is 236 Å². The smallest absolute Gasteiger partial charge is 0.307 e. The van der Waals surface area contributed by atoms with Gasteiger partial charge < -0.3 is 29.8 Å². The van der Waals surface area contributed by atoms with Crippen molar-refractivity contribution in [1.29, 1.82) is 0 Å². The zero-order chi connectivity index (χ0) is 28.8. The van der Waals surface area contributed by atoms with Crippen LogP contribution in [0.5, 0.6) is 11.5 Å². The summed E-state index contributed by atoms with van der Waals surface area (Å²) in [5.74, 6) is -0.285. The van der Waals surface area contributed by atoms with Crippen LogP contribution in [-0.2, 0) is 42.2 Å². The maximum absolute atomic E-state index is 11.3. The summed E-state index contributed by atoms with van der Waals surface area (Å²) in [6.45, 7) is 0.727. The fourth-order valence-corrected chi connectivity index (χ4v) is 4.72. The van der Waals surface area contributed by atoms with Crippen LogP contribution >= 0.6 is 0 Å². The van der Waals surface area contributed by atoms with E-state index >= 15 is 0 Å². The van der Waals surface area contributed by atoms with E-state index in [4.69, 9.17) is 19.6 Å². The van der Waals surface area contributed by atoms with Crippen molar-refractivity contribution in [1.82, 2.24) is 0 Å². The lowest BCUT2D eigenvalue weighted by Crippen LogP contribution is -2.04. The number of benzene rings is 4. The number of carboxylic acid groups (broad SMARTS) is 2. The number of rotatable bonds is 12. The number of carbonyl (C=O) groups is 2. The molecule has 8 heteroatoms. The van der Waals surface area contributed by atoms with Gasteiger partial charge in [0.15, 0.2) is 0 Å². The molecule has 0 saturated heterocycles. The first-order valence-corrected chi connectivity index (χ1v) is 13.1. The Morgan fingerprint density at radius 2 is 1.34 bits per heavy atom. The molecule has 5 rings (SSSR count). The average Bonchev–Trinajstić information content (AvgIpc) is 3.38. The van der Waals surface area contributed by atoms with Crippen LogP contribution < -0.4 is 15.2 Å². The lowest BCUT2D eigenvalue weighted by atomic mass is 9.99. The molecule has 0 saturated carbocycles. The molecule has 8 nitrogen and oxygen atoms in total. The van der Waals surface area contributed by atoms with Gasteiger partial charge in [-0.05, 0) is 53.1 Å². The molecule has 1 heterocycles. The second-order valence-corrected chi connectivity index (χ2v) is 9.61. The fourth-order valence-electron chi connectivity index (χ4n) is 4.72. The van der Waals surface area contributed by atoms with E-state index in [0.717, 1.165) is 27.6 Å². The highest BCUT2D eigenvalue weighted by Crippen LogP contribution is 2.34. The second kappa shape index (κ2) is 12.4. The molecule has 0 aliphatic heterocycles. The van der Waals surface area contributed by atoms with E-state index in [1.54, 1.807) is 42.5 Å². The van der Waals surface area contributed by atoms with Gasteiger partial charge in [0.05, 0.1) is 12.8 Å². The highest BCUT2D eigenvalue weighted by atomic mass is 16.5. The van der Waals surface area contributed by atoms with E-state index in [1.807, 2.05) is 48.5 Å². The van der Waals surface area contributed by atoms with Crippen molar-refractivity contribution in [2.75, 3.05) is 0 Å². The number of para-hydroxylation sites is 2. The maximum Gasteiger partial charge on any atom is 0.307 e. The number of hydrogen-bond donors (Lipinski definition) is 3. The molecule has 0 atom stereocenters. The molecular formula is C33H29NO7. The van der Waals surface area contributed by atoms with Crippen LogP contribution in [0.15, 0.2) is 95.4 Å². The first-order chi connectivity index (χ1) is 19.9. The topological polar surface area (TPSA) is 132 Å².